The predicted molar refractivity (Wildman–Crippen MR) is 102 cm³/mol. The summed E-state index contributed by atoms with van der Waals surface area (Å²) in [6.07, 6.45) is 1.11. The van der Waals surface area contributed by atoms with Crippen LogP contribution in [0.25, 0.3) is 11.0 Å². The molecule has 0 unspecified atom stereocenters. The Morgan fingerprint density at radius 1 is 0.920 bits per heavy atom. The Labute approximate surface area is 148 Å². The van der Waals surface area contributed by atoms with Crippen molar-refractivity contribution in [3.05, 3.63) is 54.1 Å². The fourth-order valence-corrected chi connectivity index (χ4v) is 3.58. The molecule has 130 valence electrons. The molecule has 0 atom stereocenters. The van der Waals surface area contributed by atoms with Gasteiger partial charge in [-0.2, -0.15) is 0 Å². The van der Waals surface area contributed by atoms with Crippen LogP contribution < -0.4 is 4.90 Å². The molecule has 4 rings (SSSR count). The van der Waals surface area contributed by atoms with E-state index in [1.807, 2.05) is 22.9 Å². The summed E-state index contributed by atoms with van der Waals surface area (Å²) >= 11 is 0. The molecule has 25 heavy (non-hydrogen) atoms. The Morgan fingerprint density at radius 2 is 1.76 bits per heavy atom. The number of hydrogen-bond acceptors (Lipinski definition) is 4. The summed E-state index contributed by atoms with van der Waals surface area (Å²) in [5.74, 6) is 0. The monoisotopic (exact) mass is 335 g/mol. The van der Waals surface area contributed by atoms with Gasteiger partial charge in [-0.1, -0.05) is 29.5 Å². The van der Waals surface area contributed by atoms with Crippen molar-refractivity contribution in [2.45, 2.75) is 19.9 Å². The fourth-order valence-electron chi connectivity index (χ4n) is 3.58. The first-order valence-corrected chi connectivity index (χ1v) is 9.12. The van der Waals surface area contributed by atoms with E-state index < -0.39 is 0 Å². The van der Waals surface area contributed by atoms with E-state index in [0.717, 1.165) is 56.7 Å². The number of nitrogens with zero attached hydrogens (tertiary/aromatic N) is 5. The minimum absolute atomic E-state index is 0.929. The summed E-state index contributed by atoms with van der Waals surface area (Å²) in [5, 5.41) is 8.51. The summed E-state index contributed by atoms with van der Waals surface area (Å²) in [4.78, 5) is 5.06. The van der Waals surface area contributed by atoms with Crippen LogP contribution in [0.2, 0.25) is 0 Å². The highest BCUT2D eigenvalue weighted by atomic mass is 15.4. The van der Waals surface area contributed by atoms with Gasteiger partial charge in [-0.05, 0) is 43.2 Å². The van der Waals surface area contributed by atoms with Crippen molar-refractivity contribution in [2.75, 3.05) is 37.6 Å². The van der Waals surface area contributed by atoms with Crippen molar-refractivity contribution < 1.29 is 0 Å². The molecule has 5 heteroatoms. The van der Waals surface area contributed by atoms with Crippen LogP contribution in [-0.4, -0.2) is 52.6 Å². The molecule has 0 bridgehead atoms. The standard InChI is InChI=1S/C20H25N5/c1-17-6-4-7-18(16-17)24-14-12-23(13-15-24)10-5-11-25-20-9-3-2-8-19(20)21-22-25/h2-4,6-9,16H,5,10-15H2,1H3. The molecule has 2 aromatic carbocycles. The second-order valence-corrected chi connectivity index (χ2v) is 6.82. The van der Waals surface area contributed by atoms with Gasteiger partial charge in [0.15, 0.2) is 0 Å². The van der Waals surface area contributed by atoms with Gasteiger partial charge in [0.25, 0.3) is 0 Å². The highest BCUT2D eigenvalue weighted by Gasteiger charge is 2.17. The van der Waals surface area contributed by atoms with Crippen molar-refractivity contribution in [1.82, 2.24) is 19.9 Å². The van der Waals surface area contributed by atoms with E-state index >= 15 is 0 Å². The SMILES string of the molecule is Cc1cccc(N2CCN(CCCn3nnc4ccccc43)CC2)c1. The molecule has 1 saturated heterocycles. The minimum Gasteiger partial charge on any atom is -0.369 e. The van der Waals surface area contributed by atoms with E-state index in [-0.39, 0.29) is 0 Å². The van der Waals surface area contributed by atoms with Crippen molar-refractivity contribution in [3.8, 4) is 0 Å². The van der Waals surface area contributed by atoms with E-state index in [0.29, 0.717) is 0 Å². The first-order valence-electron chi connectivity index (χ1n) is 9.12. The van der Waals surface area contributed by atoms with Crippen molar-refractivity contribution in [2.24, 2.45) is 0 Å². The van der Waals surface area contributed by atoms with E-state index in [9.17, 15) is 0 Å². The van der Waals surface area contributed by atoms with E-state index in [1.165, 1.54) is 11.3 Å². The van der Waals surface area contributed by atoms with Crippen molar-refractivity contribution in [3.63, 3.8) is 0 Å². The number of rotatable bonds is 5. The second-order valence-electron chi connectivity index (χ2n) is 6.82. The van der Waals surface area contributed by atoms with Crippen LogP contribution in [0.3, 0.4) is 0 Å². The molecular formula is C20H25N5. The molecule has 1 aromatic heterocycles. The lowest BCUT2D eigenvalue weighted by molar-refractivity contribution is 0.249. The smallest absolute Gasteiger partial charge is 0.113 e. The molecule has 0 radical (unpaired) electrons. The molecule has 0 aliphatic carbocycles. The lowest BCUT2D eigenvalue weighted by Crippen LogP contribution is -2.46. The highest BCUT2D eigenvalue weighted by Crippen LogP contribution is 2.18. The lowest BCUT2D eigenvalue weighted by Gasteiger charge is -2.36. The number of aromatic nitrogens is 3. The van der Waals surface area contributed by atoms with Gasteiger partial charge in [-0.15, -0.1) is 5.10 Å². The van der Waals surface area contributed by atoms with Crippen LogP contribution in [0.15, 0.2) is 48.5 Å². The molecular weight excluding hydrogens is 310 g/mol. The number of benzene rings is 2. The maximum Gasteiger partial charge on any atom is 0.113 e. The minimum atomic E-state index is 0.929. The first kappa shape index (κ1) is 16.1. The topological polar surface area (TPSA) is 37.2 Å². The number of aryl methyl sites for hydroxylation is 2. The molecule has 2 heterocycles. The highest BCUT2D eigenvalue weighted by molar-refractivity contribution is 5.73. The molecule has 1 fully saturated rings. The Morgan fingerprint density at radius 3 is 2.60 bits per heavy atom. The maximum absolute atomic E-state index is 4.28. The molecule has 0 N–H and O–H groups in total. The molecule has 1 aliphatic rings. The molecule has 1 aliphatic heterocycles. The average Bonchev–Trinajstić information content (AvgIpc) is 3.06. The number of para-hydroxylation sites is 1. The van der Waals surface area contributed by atoms with E-state index in [4.69, 9.17) is 0 Å². The Kier molecular flexibility index (Phi) is 4.65. The van der Waals surface area contributed by atoms with E-state index in [2.05, 4.69) is 57.4 Å². The van der Waals surface area contributed by atoms with Crippen LogP contribution in [-0.2, 0) is 6.54 Å². The fraction of sp³-hybridized carbons (Fsp3) is 0.400. The van der Waals surface area contributed by atoms with Gasteiger partial charge in [0.2, 0.25) is 0 Å². The lowest BCUT2D eigenvalue weighted by atomic mass is 10.2. The van der Waals surface area contributed by atoms with Gasteiger partial charge in [-0.3, -0.25) is 4.90 Å². The third-order valence-corrected chi connectivity index (χ3v) is 5.00. The van der Waals surface area contributed by atoms with E-state index in [1.54, 1.807) is 0 Å². The third-order valence-electron chi connectivity index (χ3n) is 5.00. The normalized spacial score (nSPS) is 15.8. The van der Waals surface area contributed by atoms with Crippen LogP contribution in [0.5, 0.6) is 0 Å². The molecule has 5 nitrogen and oxygen atoms in total. The third kappa shape index (κ3) is 3.66. The summed E-state index contributed by atoms with van der Waals surface area (Å²) in [5.41, 5.74) is 4.80. The molecule has 0 saturated carbocycles. The zero-order chi connectivity index (χ0) is 17.1. The van der Waals surface area contributed by atoms with Crippen molar-refractivity contribution in [1.29, 1.82) is 0 Å². The Balaban J connectivity index is 1.26. The zero-order valence-corrected chi connectivity index (χ0v) is 14.8. The predicted octanol–water partition coefficient (Wildman–Crippen LogP) is 2.95. The average molecular weight is 335 g/mol. The molecule has 0 spiro atoms. The van der Waals surface area contributed by atoms with Crippen LogP contribution in [0.4, 0.5) is 5.69 Å². The Hall–Kier alpha value is -2.40. The van der Waals surface area contributed by atoms with Gasteiger partial charge < -0.3 is 4.90 Å². The van der Waals surface area contributed by atoms with Gasteiger partial charge in [0, 0.05) is 45.0 Å². The largest absolute Gasteiger partial charge is 0.369 e. The van der Waals surface area contributed by atoms with Crippen LogP contribution in [0, 0.1) is 6.92 Å². The summed E-state index contributed by atoms with van der Waals surface area (Å²) in [6.45, 7) is 8.69. The number of fused-ring (bicyclic) bond motifs is 1. The number of piperazine rings is 1. The zero-order valence-electron chi connectivity index (χ0n) is 14.8. The molecule has 3 aromatic rings. The maximum atomic E-state index is 4.28. The second kappa shape index (κ2) is 7.23. The number of anilines is 1. The quantitative estimate of drug-likeness (QED) is 0.718. The van der Waals surface area contributed by atoms with Gasteiger partial charge in [0.05, 0.1) is 5.52 Å². The van der Waals surface area contributed by atoms with Gasteiger partial charge >= 0.3 is 0 Å². The first-order chi connectivity index (χ1) is 12.3. The summed E-state index contributed by atoms with van der Waals surface area (Å²) < 4.78 is 2.03. The molecule has 0 amide bonds. The van der Waals surface area contributed by atoms with Crippen LogP contribution in [0.1, 0.15) is 12.0 Å². The summed E-state index contributed by atoms with van der Waals surface area (Å²) in [7, 11) is 0. The summed E-state index contributed by atoms with van der Waals surface area (Å²) in [6, 6.07) is 17.0. The Bertz CT molecular complexity index is 833. The van der Waals surface area contributed by atoms with Crippen LogP contribution >= 0.6 is 0 Å². The number of hydrogen-bond donors (Lipinski definition) is 0. The van der Waals surface area contributed by atoms with Crippen molar-refractivity contribution >= 4 is 16.7 Å². The van der Waals surface area contributed by atoms with Gasteiger partial charge in [0.1, 0.15) is 5.52 Å². The van der Waals surface area contributed by atoms with Gasteiger partial charge in [-0.25, -0.2) is 4.68 Å².